The van der Waals surface area contributed by atoms with E-state index in [-0.39, 0.29) is 13.2 Å². The monoisotopic (exact) mass is 346 g/mol. The summed E-state index contributed by atoms with van der Waals surface area (Å²) in [7, 11) is -6.04. The zero-order chi connectivity index (χ0) is 15.3. The van der Waals surface area contributed by atoms with Crippen molar-refractivity contribution in [2.24, 2.45) is 4.76 Å². The first-order valence-electron chi connectivity index (χ1n) is 6.70. The predicted octanol–water partition coefficient (Wildman–Crippen LogP) is 4.85. The number of phosphoric ester groups is 1. The van der Waals surface area contributed by atoms with Crippen molar-refractivity contribution in [3.63, 3.8) is 0 Å². The third kappa shape index (κ3) is 4.06. The number of hydrogen-bond donors (Lipinski definition) is 0. The summed E-state index contributed by atoms with van der Waals surface area (Å²) in [6, 6.07) is 7.96. The van der Waals surface area contributed by atoms with Gasteiger partial charge >= 0.3 is 7.82 Å². The zero-order valence-corrected chi connectivity index (χ0v) is 14.6. The van der Waals surface area contributed by atoms with E-state index in [1.807, 2.05) is 24.3 Å². The molecule has 0 saturated heterocycles. The largest absolute Gasteiger partial charge is 0.510 e. The molecule has 0 aliphatic carbocycles. The van der Waals surface area contributed by atoms with Gasteiger partial charge in [0.2, 0.25) is 0 Å². The third-order valence-electron chi connectivity index (χ3n) is 3.00. The first kappa shape index (κ1) is 16.9. The van der Waals surface area contributed by atoms with E-state index in [1.165, 1.54) is 0 Å². The van der Waals surface area contributed by atoms with Crippen molar-refractivity contribution < 1.29 is 17.9 Å². The van der Waals surface area contributed by atoms with Gasteiger partial charge < -0.3 is 0 Å². The van der Waals surface area contributed by atoms with Gasteiger partial charge in [0.05, 0.1) is 13.2 Å². The molecule has 0 amide bonds. The van der Waals surface area contributed by atoms with Crippen LogP contribution in [0.25, 0.3) is 0 Å². The smallest absolute Gasteiger partial charge is 0.285 e. The zero-order valence-electron chi connectivity index (χ0n) is 12.0. The quantitative estimate of drug-likeness (QED) is 0.401. The number of rotatable bonds is 7. The van der Waals surface area contributed by atoms with Gasteiger partial charge in [0.25, 0.3) is 7.64 Å². The minimum atomic E-state index is -3.62. The Morgan fingerprint density at radius 1 is 1.24 bits per heavy atom. The van der Waals surface area contributed by atoms with E-state index in [1.54, 1.807) is 13.8 Å². The van der Waals surface area contributed by atoms with E-state index >= 15 is 0 Å². The van der Waals surface area contributed by atoms with Gasteiger partial charge in [-0.3, -0.25) is 9.05 Å². The highest BCUT2D eigenvalue weighted by molar-refractivity contribution is 7.80. The minimum absolute atomic E-state index is 0.242. The van der Waals surface area contributed by atoms with Gasteiger partial charge in [-0.25, -0.2) is 4.57 Å². The molecular formula is C13H18NO4P2S+. The van der Waals surface area contributed by atoms with Gasteiger partial charge in [0.15, 0.2) is 0 Å². The molecular weight excluding hydrogens is 328 g/mol. The maximum atomic E-state index is 12.6. The fourth-order valence-electron chi connectivity index (χ4n) is 2.26. The van der Waals surface area contributed by atoms with Crippen molar-refractivity contribution in [1.82, 2.24) is 0 Å². The van der Waals surface area contributed by atoms with Crippen LogP contribution in [0.1, 0.15) is 25.0 Å². The highest BCUT2D eigenvalue weighted by atomic mass is 32.1. The van der Waals surface area contributed by atoms with Crippen molar-refractivity contribution in [3.8, 4) is 0 Å². The molecule has 114 valence electrons. The molecule has 5 nitrogen and oxygen atoms in total. The van der Waals surface area contributed by atoms with E-state index in [0.29, 0.717) is 12.3 Å². The molecule has 8 heteroatoms. The molecule has 0 spiro atoms. The third-order valence-corrected chi connectivity index (χ3v) is 8.53. The van der Waals surface area contributed by atoms with E-state index in [4.69, 9.17) is 25.6 Å². The summed E-state index contributed by atoms with van der Waals surface area (Å²) in [5.41, 5.74) is 2.28. The van der Waals surface area contributed by atoms with E-state index in [0.717, 1.165) is 11.1 Å². The Labute approximate surface area is 130 Å². The van der Waals surface area contributed by atoms with Crippen LogP contribution in [0.4, 0.5) is 0 Å². The van der Waals surface area contributed by atoms with Crippen LogP contribution in [-0.4, -0.2) is 18.4 Å². The summed E-state index contributed by atoms with van der Waals surface area (Å²) < 4.78 is 33.1. The molecule has 0 unspecified atom stereocenters. The molecule has 21 heavy (non-hydrogen) atoms. The lowest BCUT2D eigenvalue weighted by atomic mass is 10.1. The number of nitrogens with zero attached hydrogens (tertiary/aromatic N) is 1. The molecule has 2 rings (SSSR count). The highest BCUT2D eigenvalue weighted by Crippen LogP contribution is 2.78. The Morgan fingerprint density at radius 2 is 1.76 bits per heavy atom. The van der Waals surface area contributed by atoms with Gasteiger partial charge in [-0.1, -0.05) is 24.3 Å². The highest BCUT2D eigenvalue weighted by Gasteiger charge is 2.54. The lowest BCUT2D eigenvalue weighted by molar-refractivity contribution is 0.170. The second-order valence-electron chi connectivity index (χ2n) is 4.49. The summed E-state index contributed by atoms with van der Waals surface area (Å²) in [6.45, 7) is 3.97. The van der Waals surface area contributed by atoms with Gasteiger partial charge in [-0.2, -0.15) is 0 Å². The van der Waals surface area contributed by atoms with Crippen LogP contribution < -0.4 is 0 Å². The number of isothiocyanates is 1. The first-order valence-corrected chi connectivity index (χ1v) is 10.6. The molecule has 0 radical (unpaired) electrons. The molecule has 1 aliphatic rings. The maximum absolute atomic E-state index is 12.6. The fourth-order valence-corrected chi connectivity index (χ4v) is 7.97. The van der Waals surface area contributed by atoms with Crippen LogP contribution in [-0.2, 0) is 30.2 Å². The summed E-state index contributed by atoms with van der Waals surface area (Å²) in [5, 5.41) is 2.39. The summed E-state index contributed by atoms with van der Waals surface area (Å²) >= 11 is 4.75. The molecule has 1 aromatic rings. The Hall–Kier alpha value is -0.440. The Balaban J connectivity index is 2.29. The van der Waals surface area contributed by atoms with Crippen LogP contribution in [0.2, 0.25) is 0 Å². The maximum Gasteiger partial charge on any atom is 0.510 e. The lowest BCUT2D eigenvalue weighted by Gasteiger charge is -2.19. The van der Waals surface area contributed by atoms with E-state index in [9.17, 15) is 4.57 Å². The summed E-state index contributed by atoms with van der Waals surface area (Å²) in [6.07, 6.45) is 1.16. The van der Waals surface area contributed by atoms with Crippen LogP contribution in [0, 0.1) is 0 Å². The normalized spacial score (nSPS) is 16.3. The lowest BCUT2D eigenvalue weighted by Crippen LogP contribution is -2.02. The van der Waals surface area contributed by atoms with Crippen LogP contribution in [0.3, 0.4) is 0 Å². The number of hydrogen-bond acceptors (Lipinski definition) is 6. The molecule has 0 aromatic heterocycles. The summed E-state index contributed by atoms with van der Waals surface area (Å²) in [4.78, 5) is 0. The predicted molar refractivity (Wildman–Crippen MR) is 87.7 cm³/mol. The van der Waals surface area contributed by atoms with Gasteiger partial charge in [0.1, 0.15) is 17.5 Å². The number of phosphoric acid groups is 1. The molecule has 1 aromatic carbocycles. The minimum Gasteiger partial charge on any atom is -0.285 e. The van der Waals surface area contributed by atoms with Crippen LogP contribution >= 0.6 is 27.7 Å². The van der Waals surface area contributed by atoms with Crippen molar-refractivity contribution in [2.75, 3.05) is 13.2 Å². The van der Waals surface area contributed by atoms with Crippen molar-refractivity contribution in [1.29, 1.82) is 0 Å². The van der Waals surface area contributed by atoms with Crippen LogP contribution in [0.5, 0.6) is 0 Å². The molecule has 0 N–H and O–H groups in total. The molecule has 0 fully saturated rings. The van der Waals surface area contributed by atoms with Crippen LogP contribution in [0.15, 0.2) is 29.0 Å². The van der Waals surface area contributed by atoms with Crippen molar-refractivity contribution in [3.05, 3.63) is 35.4 Å². The Bertz CT molecular complexity index is 569. The average Bonchev–Trinajstić information content (AvgIpc) is 2.76. The fraction of sp³-hybridized carbons (Fsp3) is 0.462. The first-order chi connectivity index (χ1) is 10.1. The number of fused-ring (bicyclic) bond motifs is 1. The SMILES string of the molecule is CCOP(=O)(OCC)O[P+]1(N=C=S)Cc2ccccc2C1. The standard InChI is InChI=1S/C13H18NO4P2S/c1-3-16-20(15,17-4-2)18-19(14-11-21)9-12-7-5-6-8-13(12)10-19/h5-8H,3-4,9-10H2,1-2H3/q+1. The molecule has 0 bridgehead atoms. The Kier molecular flexibility index (Phi) is 5.81. The van der Waals surface area contributed by atoms with Crippen molar-refractivity contribution >= 4 is 32.8 Å². The van der Waals surface area contributed by atoms with Gasteiger partial charge in [-0.05, 0) is 30.8 Å². The van der Waals surface area contributed by atoms with Crippen molar-refractivity contribution in [2.45, 2.75) is 26.2 Å². The molecule has 0 atom stereocenters. The van der Waals surface area contributed by atoms with E-state index < -0.39 is 15.5 Å². The van der Waals surface area contributed by atoms with Gasteiger partial charge in [-0.15, -0.1) is 4.31 Å². The van der Waals surface area contributed by atoms with E-state index in [2.05, 4.69) is 9.92 Å². The summed E-state index contributed by atoms with van der Waals surface area (Å²) in [5.74, 6) is 0. The average molecular weight is 346 g/mol. The molecule has 0 saturated carbocycles. The number of benzene rings is 1. The second kappa shape index (κ2) is 7.21. The molecule has 1 aliphatic heterocycles. The topological polar surface area (TPSA) is 57.1 Å². The molecule has 1 heterocycles. The van der Waals surface area contributed by atoms with Gasteiger partial charge in [0, 0.05) is 11.1 Å². The second-order valence-corrected chi connectivity index (χ2v) is 9.26. The number of thiocarbonyl (C=S) groups is 1. The Morgan fingerprint density at radius 3 is 2.19 bits per heavy atom.